The lowest BCUT2D eigenvalue weighted by Crippen LogP contribution is -2.35. The van der Waals surface area contributed by atoms with Crippen LogP contribution in [0, 0.1) is 5.41 Å². The van der Waals surface area contributed by atoms with Gasteiger partial charge in [-0.05, 0) is 13.3 Å². The third-order valence-corrected chi connectivity index (χ3v) is 4.56. The largest absolute Gasteiger partial charge is 0.305 e. The third kappa shape index (κ3) is 1.64. The molecule has 1 amide bonds. The lowest BCUT2D eigenvalue weighted by atomic mass is 10.1. The molecule has 1 N–H and O–H groups in total. The van der Waals surface area contributed by atoms with Gasteiger partial charge in [0.2, 0.25) is 5.91 Å². The molecule has 1 saturated carbocycles. The van der Waals surface area contributed by atoms with E-state index in [9.17, 15) is 4.79 Å². The maximum absolute atomic E-state index is 11.7. The summed E-state index contributed by atoms with van der Waals surface area (Å²) in [5.41, 5.74) is -0.651. The maximum atomic E-state index is 11.7. The number of alkyl halides is 2. The van der Waals surface area contributed by atoms with Gasteiger partial charge in [0.05, 0.1) is 12.0 Å². The van der Waals surface area contributed by atoms with Crippen LogP contribution in [0.25, 0.3) is 0 Å². The van der Waals surface area contributed by atoms with Gasteiger partial charge in [-0.1, -0.05) is 11.8 Å². The Hall–Kier alpha value is 0.0700. The normalized spacial score (nSPS) is 33.8. The van der Waals surface area contributed by atoms with Crippen LogP contribution in [-0.2, 0) is 4.79 Å². The number of rotatable bonds is 1. The Bertz CT molecular complexity index is 318. The molecule has 0 unspecified atom stereocenters. The van der Waals surface area contributed by atoms with Crippen molar-refractivity contribution in [3.8, 4) is 0 Å². The van der Waals surface area contributed by atoms with Crippen LogP contribution in [0.3, 0.4) is 0 Å². The van der Waals surface area contributed by atoms with E-state index >= 15 is 0 Å². The van der Waals surface area contributed by atoms with E-state index < -0.39 is 9.75 Å². The van der Waals surface area contributed by atoms with E-state index in [2.05, 4.69) is 10.3 Å². The second-order valence-electron chi connectivity index (χ2n) is 3.70. The topological polar surface area (TPSA) is 41.5 Å². The molecule has 2 rings (SSSR count). The lowest BCUT2D eigenvalue weighted by molar-refractivity contribution is -0.124. The van der Waals surface area contributed by atoms with Crippen molar-refractivity contribution >= 4 is 46.0 Å². The van der Waals surface area contributed by atoms with E-state index in [1.165, 1.54) is 0 Å². The van der Waals surface area contributed by atoms with Crippen LogP contribution in [0.4, 0.5) is 0 Å². The van der Waals surface area contributed by atoms with Crippen molar-refractivity contribution in [2.24, 2.45) is 10.4 Å². The van der Waals surface area contributed by atoms with Gasteiger partial charge in [-0.3, -0.25) is 9.79 Å². The molecule has 0 spiro atoms. The highest BCUT2D eigenvalue weighted by Crippen LogP contribution is 2.63. The summed E-state index contributed by atoms with van der Waals surface area (Å²) in [5.74, 6) is 0.801. The molecule has 6 heteroatoms. The highest BCUT2D eigenvalue weighted by atomic mass is 35.5. The molecule has 78 valence electrons. The Morgan fingerprint density at radius 2 is 2.29 bits per heavy atom. The van der Waals surface area contributed by atoms with Gasteiger partial charge in [0, 0.05) is 5.75 Å². The van der Waals surface area contributed by atoms with Gasteiger partial charge < -0.3 is 5.32 Å². The minimum absolute atomic E-state index is 0.129. The zero-order chi connectivity index (χ0) is 10.4. The van der Waals surface area contributed by atoms with Gasteiger partial charge >= 0.3 is 0 Å². The molecular weight excluding hydrogens is 243 g/mol. The highest BCUT2D eigenvalue weighted by Gasteiger charge is 2.68. The summed E-state index contributed by atoms with van der Waals surface area (Å²) in [5, 5.41) is 3.43. The van der Waals surface area contributed by atoms with Gasteiger partial charge in [0.1, 0.15) is 4.33 Å². The average Bonchev–Trinajstić information content (AvgIpc) is 2.54. The van der Waals surface area contributed by atoms with E-state index in [0.717, 1.165) is 12.3 Å². The van der Waals surface area contributed by atoms with Crippen LogP contribution in [0.15, 0.2) is 4.99 Å². The number of hydrogen-bond donors (Lipinski definition) is 1. The van der Waals surface area contributed by atoms with Crippen molar-refractivity contribution in [2.45, 2.75) is 17.7 Å². The van der Waals surface area contributed by atoms with Gasteiger partial charge in [0.25, 0.3) is 0 Å². The number of amides is 1. The number of thioether (sulfide) groups is 1. The minimum Gasteiger partial charge on any atom is -0.305 e. The molecule has 0 radical (unpaired) electrons. The van der Waals surface area contributed by atoms with Crippen LogP contribution in [-0.4, -0.2) is 27.7 Å². The zero-order valence-electron chi connectivity index (χ0n) is 7.64. The van der Waals surface area contributed by atoms with E-state index in [-0.39, 0.29) is 5.91 Å². The number of carbonyl (C=O) groups excluding carboxylic acids is 1. The van der Waals surface area contributed by atoms with Crippen molar-refractivity contribution in [2.75, 3.05) is 12.3 Å². The van der Waals surface area contributed by atoms with Gasteiger partial charge in [0.15, 0.2) is 5.17 Å². The number of carbonyl (C=O) groups is 1. The Kier molecular flexibility index (Phi) is 2.48. The Morgan fingerprint density at radius 3 is 2.71 bits per heavy atom. The van der Waals surface area contributed by atoms with E-state index in [1.54, 1.807) is 18.7 Å². The average molecular weight is 253 g/mol. The van der Waals surface area contributed by atoms with Crippen LogP contribution in [0.2, 0.25) is 0 Å². The molecule has 14 heavy (non-hydrogen) atoms. The molecule has 3 nitrogen and oxygen atoms in total. The number of nitrogens with zero attached hydrogens (tertiary/aromatic N) is 1. The summed E-state index contributed by atoms with van der Waals surface area (Å²) in [6, 6.07) is 0. The molecule has 1 aliphatic heterocycles. The van der Waals surface area contributed by atoms with Crippen LogP contribution in [0.5, 0.6) is 0 Å². The molecule has 0 aromatic carbocycles. The fraction of sp³-hybridized carbons (Fsp3) is 0.750. The van der Waals surface area contributed by atoms with Crippen molar-refractivity contribution in [1.82, 2.24) is 5.32 Å². The van der Waals surface area contributed by atoms with Crippen molar-refractivity contribution in [3.05, 3.63) is 0 Å². The molecule has 1 fully saturated rings. The Balaban J connectivity index is 1.97. The smallest absolute Gasteiger partial charge is 0.235 e. The molecule has 1 atom stereocenters. The van der Waals surface area contributed by atoms with E-state index in [1.807, 2.05) is 0 Å². The Labute approximate surface area is 96.6 Å². The SMILES string of the molecule is C[C@@]1(C(=O)NC2=NCCS2)CC1(Cl)Cl. The monoisotopic (exact) mass is 252 g/mol. The van der Waals surface area contributed by atoms with Gasteiger partial charge in [-0.25, -0.2) is 0 Å². The summed E-state index contributed by atoms with van der Waals surface area (Å²) in [4.78, 5) is 15.9. The van der Waals surface area contributed by atoms with Crippen molar-refractivity contribution in [1.29, 1.82) is 0 Å². The second-order valence-corrected chi connectivity index (χ2v) is 6.27. The third-order valence-electron chi connectivity index (χ3n) is 2.56. The lowest BCUT2D eigenvalue weighted by Gasteiger charge is -2.11. The molecule has 2 aliphatic rings. The molecule has 1 aliphatic carbocycles. The quantitative estimate of drug-likeness (QED) is 0.724. The Morgan fingerprint density at radius 1 is 1.64 bits per heavy atom. The first-order chi connectivity index (χ1) is 6.46. The summed E-state index contributed by atoms with van der Waals surface area (Å²) in [6.07, 6.45) is 0.507. The predicted molar refractivity (Wildman–Crippen MR) is 60.1 cm³/mol. The van der Waals surface area contributed by atoms with Gasteiger partial charge in [-0.15, -0.1) is 23.2 Å². The van der Waals surface area contributed by atoms with E-state index in [4.69, 9.17) is 23.2 Å². The fourth-order valence-electron chi connectivity index (χ4n) is 1.29. The van der Waals surface area contributed by atoms with Crippen molar-refractivity contribution in [3.63, 3.8) is 0 Å². The molecule has 1 heterocycles. The summed E-state index contributed by atoms with van der Waals surface area (Å²) in [6.45, 7) is 2.53. The first kappa shape index (κ1) is 10.6. The summed E-state index contributed by atoms with van der Waals surface area (Å²) < 4.78 is -0.902. The van der Waals surface area contributed by atoms with Crippen LogP contribution < -0.4 is 5.32 Å². The van der Waals surface area contributed by atoms with Crippen LogP contribution >= 0.6 is 35.0 Å². The maximum Gasteiger partial charge on any atom is 0.235 e. The number of aliphatic imine (C=N–C) groups is 1. The highest BCUT2D eigenvalue weighted by molar-refractivity contribution is 8.14. The molecule has 0 aromatic rings. The zero-order valence-corrected chi connectivity index (χ0v) is 9.97. The first-order valence-electron chi connectivity index (χ1n) is 4.32. The molecular formula is C8H10Cl2N2OS. The minimum atomic E-state index is -0.902. The van der Waals surface area contributed by atoms with Crippen LogP contribution in [0.1, 0.15) is 13.3 Å². The van der Waals surface area contributed by atoms with Gasteiger partial charge in [-0.2, -0.15) is 0 Å². The molecule has 0 bridgehead atoms. The van der Waals surface area contributed by atoms with Crippen molar-refractivity contribution < 1.29 is 4.79 Å². The predicted octanol–water partition coefficient (Wildman–Crippen LogP) is 1.79. The summed E-state index contributed by atoms with van der Waals surface area (Å²) in [7, 11) is 0. The summed E-state index contributed by atoms with van der Waals surface area (Å²) >= 11 is 13.3. The first-order valence-corrected chi connectivity index (χ1v) is 6.06. The molecule has 0 aromatic heterocycles. The number of hydrogen-bond acceptors (Lipinski definition) is 3. The standard InChI is InChI=1S/C8H10Cl2N2OS/c1-7(4-8(7,9)10)5(13)12-6-11-2-3-14-6/h2-4H2,1H3,(H,11,12,13)/t7-/m0/s1. The molecule has 0 saturated heterocycles. The number of nitrogens with one attached hydrogen (secondary N) is 1. The fourth-order valence-corrected chi connectivity index (χ4v) is 2.72. The van der Waals surface area contributed by atoms with E-state index in [0.29, 0.717) is 11.6 Å². The number of amidine groups is 1. The second kappa shape index (κ2) is 3.29. The number of halogens is 2.